The summed E-state index contributed by atoms with van der Waals surface area (Å²) in [7, 11) is 0. The summed E-state index contributed by atoms with van der Waals surface area (Å²) in [6.07, 6.45) is 2.21. The van der Waals surface area contributed by atoms with Gasteiger partial charge in [0.15, 0.2) is 0 Å². The lowest BCUT2D eigenvalue weighted by Gasteiger charge is -2.34. The first kappa shape index (κ1) is 19.3. The molecule has 0 aromatic carbocycles. The zero-order valence-corrected chi connectivity index (χ0v) is 16.4. The van der Waals surface area contributed by atoms with Crippen LogP contribution in [0.5, 0.6) is 0 Å². The van der Waals surface area contributed by atoms with Crippen molar-refractivity contribution in [3.63, 3.8) is 0 Å². The number of nitrogens with zero attached hydrogens (tertiary/aromatic N) is 4. The van der Waals surface area contributed by atoms with Crippen LogP contribution in [0.15, 0.2) is 15.3 Å². The molecule has 0 unspecified atom stereocenters. The van der Waals surface area contributed by atoms with Gasteiger partial charge in [-0.3, -0.25) is 9.69 Å². The molecule has 1 aliphatic rings. The van der Waals surface area contributed by atoms with E-state index in [1.54, 1.807) is 15.8 Å². The third kappa shape index (κ3) is 5.03. The molecule has 0 aliphatic carbocycles. The summed E-state index contributed by atoms with van der Waals surface area (Å²) in [6, 6.07) is -0.316. The molecule has 1 saturated heterocycles. The molecule has 1 atom stereocenters. The largest absolute Gasteiger partial charge is 0.444 e. The summed E-state index contributed by atoms with van der Waals surface area (Å²) in [5.74, 6) is 0.339. The number of amides is 2. The molecule has 2 aromatic heterocycles. The zero-order valence-electron chi connectivity index (χ0n) is 15.6. The molecule has 1 fully saturated rings. The maximum Gasteiger partial charge on any atom is 0.410 e. The minimum atomic E-state index is -0.570. The minimum absolute atomic E-state index is 0.0997. The van der Waals surface area contributed by atoms with Gasteiger partial charge in [-0.2, -0.15) is 0 Å². The Morgan fingerprint density at radius 3 is 2.89 bits per heavy atom. The van der Waals surface area contributed by atoms with Gasteiger partial charge in [0, 0.05) is 11.9 Å². The number of ether oxygens (including phenoxy) is 1. The normalized spacial score (nSPS) is 17.6. The Bertz CT molecular complexity index is 784. The molecule has 1 aliphatic heterocycles. The highest BCUT2D eigenvalue weighted by atomic mass is 32.1. The van der Waals surface area contributed by atoms with Crippen molar-refractivity contribution in [1.29, 1.82) is 0 Å². The molecule has 0 radical (unpaired) electrons. The van der Waals surface area contributed by atoms with Crippen molar-refractivity contribution in [1.82, 2.24) is 25.4 Å². The molecular formula is C17H23N5O4S. The standard InChI is InChI=1S/C17H23N5O4S/c1-17(2,3)26-16(24)22-7-5-4-6-12(22)15-21-20-13(25-15)8-18-14(23)11-9-27-10-19-11/h9-10,12H,4-8H2,1-3H3,(H,18,23)/t12-/m1/s1. The molecule has 9 nitrogen and oxygen atoms in total. The van der Waals surface area contributed by atoms with Gasteiger partial charge in [-0.25, -0.2) is 9.78 Å². The van der Waals surface area contributed by atoms with Gasteiger partial charge in [0.1, 0.15) is 17.3 Å². The quantitative estimate of drug-likeness (QED) is 0.850. The van der Waals surface area contributed by atoms with E-state index in [9.17, 15) is 9.59 Å². The van der Waals surface area contributed by atoms with Crippen LogP contribution in [-0.4, -0.2) is 44.2 Å². The Hall–Kier alpha value is -2.49. The van der Waals surface area contributed by atoms with E-state index >= 15 is 0 Å². The summed E-state index contributed by atoms with van der Waals surface area (Å²) < 4.78 is 11.2. The first-order valence-corrected chi connectivity index (χ1v) is 9.76. The summed E-state index contributed by atoms with van der Waals surface area (Å²) in [6.45, 7) is 6.18. The molecule has 146 valence electrons. The Morgan fingerprint density at radius 2 is 2.19 bits per heavy atom. The van der Waals surface area contributed by atoms with Crippen molar-refractivity contribution in [3.8, 4) is 0 Å². The fraction of sp³-hybridized carbons (Fsp3) is 0.588. The highest BCUT2D eigenvalue weighted by molar-refractivity contribution is 7.07. The van der Waals surface area contributed by atoms with E-state index in [0.717, 1.165) is 19.3 Å². The van der Waals surface area contributed by atoms with Crippen LogP contribution in [-0.2, 0) is 11.3 Å². The molecule has 1 N–H and O–H groups in total. The summed E-state index contributed by atoms with van der Waals surface area (Å²) in [5.41, 5.74) is 1.37. The monoisotopic (exact) mass is 393 g/mol. The Kier molecular flexibility index (Phi) is 5.73. The summed E-state index contributed by atoms with van der Waals surface area (Å²) in [5, 5.41) is 12.4. The second-order valence-electron chi connectivity index (χ2n) is 7.28. The smallest absolute Gasteiger partial charge is 0.410 e. The second-order valence-corrected chi connectivity index (χ2v) is 7.99. The molecule has 3 rings (SSSR count). The maximum atomic E-state index is 12.5. The lowest BCUT2D eigenvalue weighted by molar-refractivity contribution is 0.00595. The van der Waals surface area contributed by atoms with Crippen molar-refractivity contribution in [2.24, 2.45) is 0 Å². The third-order valence-electron chi connectivity index (χ3n) is 3.96. The van der Waals surface area contributed by atoms with Gasteiger partial charge in [0.2, 0.25) is 11.8 Å². The fourth-order valence-corrected chi connectivity index (χ4v) is 3.30. The van der Waals surface area contributed by atoms with Gasteiger partial charge in [0.25, 0.3) is 5.91 Å². The maximum absolute atomic E-state index is 12.5. The molecule has 3 heterocycles. The first-order chi connectivity index (χ1) is 12.8. The average Bonchev–Trinajstić information content (AvgIpc) is 3.30. The lowest BCUT2D eigenvalue weighted by Crippen LogP contribution is -2.42. The van der Waals surface area contributed by atoms with E-state index in [0.29, 0.717) is 18.1 Å². The van der Waals surface area contributed by atoms with Gasteiger partial charge in [-0.15, -0.1) is 21.5 Å². The zero-order chi connectivity index (χ0) is 19.4. The van der Waals surface area contributed by atoms with Crippen molar-refractivity contribution in [2.45, 2.75) is 58.2 Å². The number of piperidine rings is 1. The third-order valence-corrected chi connectivity index (χ3v) is 4.55. The topological polar surface area (TPSA) is 110 Å². The highest BCUT2D eigenvalue weighted by Crippen LogP contribution is 2.31. The van der Waals surface area contributed by atoms with Crippen molar-refractivity contribution in [3.05, 3.63) is 28.4 Å². The predicted octanol–water partition coefficient (Wildman–Crippen LogP) is 2.92. The van der Waals surface area contributed by atoms with Crippen LogP contribution < -0.4 is 5.32 Å². The molecular weight excluding hydrogens is 370 g/mol. The van der Waals surface area contributed by atoms with Crippen LogP contribution in [0.4, 0.5) is 4.79 Å². The molecule has 0 bridgehead atoms. The molecule has 2 amide bonds. The number of carbonyl (C=O) groups excluding carboxylic acids is 2. The van der Waals surface area contributed by atoms with Gasteiger partial charge < -0.3 is 14.5 Å². The van der Waals surface area contributed by atoms with Crippen molar-refractivity contribution >= 4 is 23.3 Å². The number of nitrogens with one attached hydrogen (secondary N) is 1. The van der Waals surface area contributed by atoms with Gasteiger partial charge in [-0.1, -0.05) is 0 Å². The average molecular weight is 393 g/mol. The van der Waals surface area contributed by atoms with Gasteiger partial charge in [-0.05, 0) is 40.0 Å². The van der Waals surface area contributed by atoms with E-state index < -0.39 is 5.60 Å². The van der Waals surface area contributed by atoms with Crippen LogP contribution in [0.25, 0.3) is 0 Å². The molecule has 0 saturated carbocycles. The fourth-order valence-electron chi connectivity index (χ4n) is 2.77. The molecule has 2 aromatic rings. The summed E-state index contributed by atoms with van der Waals surface area (Å²) in [4.78, 5) is 30.0. The number of aromatic nitrogens is 3. The molecule has 10 heteroatoms. The number of rotatable bonds is 4. The Morgan fingerprint density at radius 1 is 1.37 bits per heavy atom. The number of carbonyl (C=O) groups is 2. The number of hydrogen-bond donors (Lipinski definition) is 1. The molecule has 0 spiro atoms. The predicted molar refractivity (Wildman–Crippen MR) is 97.1 cm³/mol. The SMILES string of the molecule is CC(C)(C)OC(=O)N1CCCC[C@@H]1c1nnc(CNC(=O)c2cscn2)o1. The molecule has 27 heavy (non-hydrogen) atoms. The van der Waals surface area contributed by atoms with Crippen LogP contribution in [0.2, 0.25) is 0 Å². The highest BCUT2D eigenvalue weighted by Gasteiger charge is 2.34. The van der Waals surface area contributed by atoms with E-state index in [1.165, 1.54) is 11.3 Å². The van der Waals surface area contributed by atoms with Crippen molar-refractivity contribution in [2.75, 3.05) is 6.54 Å². The van der Waals surface area contributed by atoms with Gasteiger partial charge >= 0.3 is 6.09 Å². The van der Waals surface area contributed by atoms with Crippen molar-refractivity contribution < 1.29 is 18.7 Å². The van der Waals surface area contributed by atoms with Crippen LogP contribution >= 0.6 is 11.3 Å². The van der Waals surface area contributed by atoms with Crippen LogP contribution in [0, 0.1) is 0 Å². The number of hydrogen-bond acceptors (Lipinski definition) is 8. The minimum Gasteiger partial charge on any atom is -0.444 e. The van der Waals surface area contributed by atoms with Crippen LogP contribution in [0.3, 0.4) is 0 Å². The van der Waals surface area contributed by atoms with Crippen LogP contribution in [0.1, 0.15) is 68.3 Å². The van der Waals surface area contributed by atoms with E-state index in [2.05, 4.69) is 20.5 Å². The summed E-state index contributed by atoms with van der Waals surface area (Å²) >= 11 is 1.35. The number of likely N-dealkylation sites (tertiary alicyclic amines) is 1. The first-order valence-electron chi connectivity index (χ1n) is 8.82. The van der Waals surface area contributed by atoms with E-state index in [1.807, 2.05) is 20.8 Å². The van der Waals surface area contributed by atoms with E-state index in [-0.39, 0.29) is 30.5 Å². The Labute approximate surface area is 161 Å². The number of thiazole rings is 1. The lowest BCUT2D eigenvalue weighted by atomic mass is 10.0. The van der Waals surface area contributed by atoms with E-state index in [4.69, 9.17) is 9.15 Å². The Balaban J connectivity index is 1.64. The van der Waals surface area contributed by atoms with Gasteiger partial charge in [0.05, 0.1) is 12.1 Å². The second kappa shape index (κ2) is 8.03.